The van der Waals surface area contributed by atoms with Gasteiger partial charge in [0.1, 0.15) is 11.5 Å². The number of anilines is 1. The number of nitrogens with zero attached hydrogens (tertiary/aromatic N) is 3. The molecule has 2 aromatic heterocycles. The zero-order chi connectivity index (χ0) is 25.5. The summed E-state index contributed by atoms with van der Waals surface area (Å²) in [6.07, 6.45) is -4.86. The average molecular weight is 485 g/mol. The van der Waals surface area contributed by atoms with E-state index in [2.05, 4.69) is 15.4 Å². The van der Waals surface area contributed by atoms with Crippen LogP contribution in [-0.2, 0) is 6.18 Å². The van der Waals surface area contributed by atoms with E-state index in [0.29, 0.717) is 0 Å². The Kier molecular flexibility index (Phi) is 6.01. The first-order valence-electron chi connectivity index (χ1n) is 10.4. The molecule has 7 nitrogen and oxygen atoms in total. The number of fused-ring (bicyclic) bond motifs is 1. The lowest BCUT2D eigenvalue weighted by atomic mass is 10.1. The van der Waals surface area contributed by atoms with Gasteiger partial charge in [-0.1, -0.05) is 30.3 Å². The van der Waals surface area contributed by atoms with E-state index in [0.717, 1.165) is 23.8 Å². The second-order valence-corrected chi connectivity index (χ2v) is 7.87. The highest BCUT2D eigenvalue weighted by Crippen LogP contribution is 2.38. The highest BCUT2D eigenvalue weighted by molar-refractivity contribution is 6.14. The number of hydrogen-bond acceptors (Lipinski definition) is 4. The number of aromatic nitrogens is 3. The summed E-state index contributed by atoms with van der Waals surface area (Å²) in [4.78, 5) is 28.8. The van der Waals surface area contributed by atoms with Gasteiger partial charge in [-0.25, -0.2) is 9.37 Å². The van der Waals surface area contributed by atoms with Crippen LogP contribution in [0, 0.1) is 12.7 Å². The van der Waals surface area contributed by atoms with Crippen LogP contribution in [0.3, 0.4) is 0 Å². The van der Waals surface area contributed by atoms with Crippen molar-refractivity contribution in [1.82, 2.24) is 14.8 Å². The van der Waals surface area contributed by atoms with Gasteiger partial charge in [0, 0.05) is 11.5 Å². The van der Waals surface area contributed by atoms with E-state index in [1.54, 1.807) is 37.3 Å². The van der Waals surface area contributed by atoms with Crippen molar-refractivity contribution in [1.29, 1.82) is 0 Å². The minimum atomic E-state index is -4.86. The van der Waals surface area contributed by atoms with Crippen LogP contribution in [0.1, 0.15) is 50.8 Å². The van der Waals surface area contributed by atoms with Crippen LogP contribution in [0.25, 0.3) is 10.9 Å². The van der Waals surface area contributed by atoms with E-state index in [-0.39, 0.29) is 27.9 Å². The van der Waals surface area contributed by atoms with Gasteiger partial charge in [0.05, 0.1) is 28.5 Å². The third kappa shape index (κ3) is 4.57. The molecule has 0 saturated heterocycles. The van der Waals surface area contributed by atoms with Crippen LogP contribution in [0.4, 0.5) is 23.2 Å². The molecule has 0 spiro atoms. The van der Waals surface area contributed by atoms with Gasteiger partial charge in [-0.2, -0.15) is 18.3 Å². The molecule has 3 N–H and O–H groups in total. The zero-order valence-electron chi connectivity index (χ0n) is 18.5. The van der Waals surface area contributed by atoms with Crippen LogP contribution < -0.4 is 11.1 Å². The quantitative estimate of drug-likeness (QED) is 0.394. The molecule has 0 aliphatic rings. The van der Waals surface area contributed by atoms with Crippen LogP contribution in [0.5, 0.6) is 0 Å². The first-order chi connectivity index (χ1) is 16.5. The lowest BCUT2D eigenvalue weighted by molar-refractivity contribution is -0.140. The number of benzene rings is 2. The van der Waals surface area contributed by atoms with E-state index in [9.17, 15) is 27.2 Å². The van der Waals surface area contributed by atoms with Crippen LogP contribution >= 0.6 is 0 Å². The fraction of sp³-hybridized carbons (Fsp3) is 0.167. The lowest BCUT2D eigenvalue weighted by Crippen LogP contribution is -2.19. The summed E-state index contributed by atoms with van der Waals surface area (Å²) in [7, 11) is 0. The van der Waals surface area contributed by atoms with Crippen molar-refractivity contribution in [3.05, 3.63) is 88.6 Å². The Labute approximate surface area is 196 Å². The highest BCUT2D eigenvalue weighted by atomic mass is 19.4. The maximum absolute atomic E-state index is 13.9. The summed E-state index contributed by atoms with van der Waals surface area (Å²) in [5.74, 6) is -2.63. The predicted octanol–water partition coefficient (Wildman–Crippen LogP) is 4.86. The van der Waals surface area contributed by atoms with E-state index < -0.39 is 41.2 Å². The number of carbonyl (C=O) groups excluding carboxylic acids is 2. The van der Waals surface area contributed by atoms with Gasteiger partial charge in [-0.3, -0.25) is 14.3 Å². The van der Waals surface area contributed by atoms with Gasteiger partial charge >= 0.3 is 6.18 Å². The number of alkyl halides is 3. The van der Waals surface area contributed by atoms with Crippen molar-refractivity contribution in [2.45, 2.75) is 26.1 Å². The molecule has 0 radical (unpaired) electrons. The smallest absolute Gasteiger partial charge is 0.364 e. The number of amides is 2. The molecule has 0 unspecified atom stereocenters. The van der Waals surface area contributed by atoms with Crippen LogP contribution in [0.15, 0.2) is 54.6 Å². The second kappa shape index (κ2) is 8.82. The molecule has 0 aliphatic carbocycles. The molecule has 1 atom stereocenters. The van der Waals surface area contributed by atoms with Crippen molar-refractivity contribution in [3.8, 4) is 0 Å². The number of carbonyl (C=O) groups is 2. The Balaban J connectivity index is 1.82. The Morgan fingerprint density at radius 2 is 1.77 bits per heavy atom. The molecule has 4 aromatic rings. The topological polar surface area (TPSA) is 103 Å². The molecular formula is C24H19F4N5O2. The van der Waals surface area contributed by atoms with Gasteiger partial charge in [-0.15, -0.1) is 0 Å². The molecule has 35 heavy (non-hydrogen) atoms. The third-order valence-electron chi connectivity index (χ3n) is 5.57. The van der Waals surface area contributed by atoms with Crippen LogP contribution in [0.2, 0.25) is 0 Å². The molecule has 2 heterocycles. The standard InChI is InChI=1S/C24H19F4N5O2/c1-12(14-6-4-3-5-7-14)33-13(2)20(21(32-33)24(26,27)28)31-23(35)17-11-19(22(29)34)30-18-10-15(25)8-9-16(17)18/h3-12H,1-2H3,(H2,29,34)(H,31,35)/t12-/m0/s1. The molecule has 2 amide bonds. The van der Waals surface area contributed by atoms with Crippen molar-refractivity contribution in [3.63, 3.8) is 0 Å². The number of hydrogen-bond donors (Lipinski definition) is 2. The van der Waals surface area contributed by atoms with E-state index in [4.69, 9.17) is 5.73 Å². The monoisotopic (exact) mass is 485 g/mol. The van der Waals surface area contributed by atoms with E-state index in [1.165, 1.54) is 17.7 Å². The normalized spacial score (nSPS) is 12.5. The van der Waals surface area contributed by atoms with E-state index in [1.807, 2.05) is 0 Å². The lowest BCUT2D eigenvalue weighted by Gasteiger charge is -2.15. The summed E-state index contributed by atoms with van der Waals surface area (Å²) in [6, 6.07) is 12.6. The number of nitrogens with two attached hydrogens (primary N) is 1. The Hall–Kier alpha value is -4.28. The molecule has 180 valence electrons. The summed E-state index contributed by atoms with van der Waals surface area (Å²) in [5.41, 5.74) is 3.68. The molecule has 11 heteroatoms. The van der Waals surface area contributed by atoms with Crippen molar-refractivity contribution in [2.75, 3.05) is 5.32 Å². The Morgan fingerprint density at radius 1 is 1.09 bits per heavy atom. The molecule has 0 fully saturated rings. The number of primary amides is 1. The first-order valence-corrected chi connectivity index (χ1v) is 10.4. The number of nitrogens with one attached hydrogen (secondary N) is 1. The molecule has 4 rings (SSSR count). The molecular weight excluding hydrogens is 466 g/mol. The summed E-state index contributed by atoms with van der Waals surface area (Å²) in [5, 5.41) is 6.18. The Morgan fingerprint density at radius 3 is 2.40 bits per heavy atom. The molecule has 0 bridgehead atoms. The minimum absolute atomic E-state index is 0.0485. The van der Waals surface area contributed by atoms with Crippen molar-refractivity contribution < 1.29 is 27.2 Å². The first kappa shape index (κ1) is 23.9. The van der Waals surface area contributed by atoms with Gasteiger partial charge in [0.15, 0.2) is 5.69 Å². The van der Waals surface area contributed by atoms with Gasteiger partial charge in [0.2, 0.25) is 0 Å². The second-order valence-electron chi connectivity index (χ2n) is 7.87. The van der Waals surface area contributed by atoms with Crippen molar-refractivity contribution >= 4 is 28.4 Å². The summed E-state index contributed by atoms with van der Waals surface area (Å²) < 4.78 is 56.6. The minimum Gasteiger partial charge on any atom is -0.364 e. The van der Waals surface area contributed by atoms with Crippen LogP contribution in [-0.4, -0.2) is 26.6 Å². The van der Waals surface area contributed by atoms with E-state index >= 15 is 0 Å². The maximum atomic E-state index is 13.9. The van der Waals surface area contributed by atoms with Gasteiger partial charge in [0.25, 0.3) is 11.8 Å². The maximum Gasteiger partial charge on any atom is 0.437 e. The van der Waals surface area contributed by atoms with Gasteiger partial charge in [-0.05, 0) is 37.6 Å². The fourth-order valence-corrected chi connectivity index (χ4v) is 3.81. The average Bonchev–Trinajstić information content (AvgIpc) is 3.14. The largest absolute Gasteiger partial charge is 0.437 e. The number of pyridine rings is 1. The molecule has 2 aromatic carbocycles. The number of rotatable bonds is 5. The fourth-order valence-electron chi connectivity index (χ4n) is 3.81. The summed E-state index contributed by atoms with van der Waals surface area (Å²) in [6.45, 7) is 3.09. The highest BCUT2D eigenvalue weighted by Gasteiger charge is 2.40. The summed E-state index contributed by atoms with van der Waals surface area (Å²) >= 11 is 0. The Bertz CT molecular complexity index is 1450. The molecule has 0 aliphatic heterocycles. The molecule has 0 saturated carbocycles. The number of halogens is 4. The van der Waals surface area contributed by atoms with Gasteiger partial charge < -0.3 is 11.1 Å². The zero-order valence-corrected chi connectivity index (χ0v) is 18.5. The third-order valence-corrected chi connectivity index (χ3v) is 5.57. The SMILES string of the molecule is Cc1c(NC(=O)c2cc(C(N)=O)nc3cc(F)ccc23)c(C(F)(F)F)nn1[C@@H](C)c1ccccc1. The predicted molar refractivity (Wildman–Crippen MR) is 120 cm³/mol. The van der Waals surface area contributed by atoms with Crippen molar-refractivity contribution in [2.24, 2.45) is 5.73 Å².